The van der Waals surface area contributed by atoms with Crippen LogP contribution in [-0.4, -0.2) is 39.2 Å². The molecule has 3 N–H and O–H groups in total. The first-order chi connectivity index (χ1) is 13.0. The zero-order valence-corrected chi connectivity index (χ0v) is 18.4. The van der Waals surface area contributed by atoms with Crippen LogP contribution in [0.15, 0.2) is 44.4 Å². The number of aliphatic hydroxyl groups is 2. The lowest BCUT2D eigenvalue weighted by atomic mass is 9.90. The van der Waals surface area contributed by atoms with Gasteiger partial charge in [0, 0.05) is 22.0 Å². The van der Waals surface area contributed by atoms with Crippen molar-refractivity contribution in [1.82, 2.24) is 0 Å². The van der Waals surface area contributed by atoms with Gasteiger partial charge in [0.15, 0.2) is 0 Å². The second kappa shape index (κ2) is 12.1. The quantitative estimate of drug-likeness (QED) is 0.236. The molecule has 150 valence electrons. The van der Waals surface area contributed by atoms with Crippen LogP contribution in [0.3, 0.4) is 0 Å². The highest BCUT2D eigenvalue weighted by Gasteiger charge is 2.32. The highest BCUT2D eigenvalue weighted by Crippen LogP contribution is 2.36. The average molecular weight is 475 g/mol. The fourth-order valence-corrected chi connectivity index (χ4v) is 5.84. The van der Waals surface area contributed by atoms with Gasteiger partial charge in [-0.3, -0.25) is 4.79 Å². The Morgan fingerprint density at radius 1 is 1.41 bits per heavy atom. The largest absolute Gasteiger partial charge is 0.481 e. The lowest BCUT2D eigenvalue weighted by Gasteiger charge is -2.18. The number of aliphatic carboxylic acids is 1. The second-order valence-corrected chi connectivity index (χ2v) is 9.96. The molecule has 2 rings (SSSR count). The van der Waals surface area contributed by atoms with Gasteiger partial charge >= 0.3 is 5.97 Å². The van der Waals surface area contributed by atoms with Crippen molar-refractivity contribution in [3.63, 3.8) is 0 Å². The first-order valence-electron chi connectivity index (χ1n) is 9.23. The second-order valence-electron chi connectivity index (χ2n) is 6.81. The van der Waals surface area contributed by atoms with Gasteiger partial charge in [-0.25, -0.2) is 0 Å². The van der Waals surface area contributed by atoms with Crippen LogP contribution in [0.25, 0.3) is 0 Å². The van der Waals surface area contributed by atoms with Gasteiger partial charge in [0.25, 0.3) is 0 Å². The van der Waals surface area contributed by atoms with Gasteiger partial charge < -0.3 is 15.3 Å². The Bertz CT molecular complexity index is 644. The number of hydrogen-bond acceptors (Lipinski definition) is 5. The van der Waals surface area contributed by atoms with Crippen LogP contribution < -0.4 is 0 Å². The number of carbonyl (C=O) groups is 1. The molecular formula is C20H27BrO4S2. The van der Waals surface area contributed by atoms with Gasteiger partial charge in [0.05, 0.1) is 16.4 Å². The molecule has 4 nitrogen and oxygen atoms in total. The minimum absolute atomic E-state index is 0.171. The lowest BCUT2D eigenvalue weighted by molar-refractivity contribution is -0.137. The minimum Gasteiger partial charge on any atom is -0.481 e. The molecule has 1 aliphatic rings. The molecule has 0 spiro atoms. The Labute approximate surface area is 177 Å². The van der Waals surface area contributed by atoms with Gasteiger partial charge in [-0.1, -0.05) is 24.3 Å². The van der Waals surface area contributed by atoms with E-state index in [-0.39, 0.29) is 24.4 Å². The third kappa shape index (κ3) is 8.52. The summed E-state index contributed by atoms with van der Waals surface area (Å²) in [5.41, 5.74) is 0. The maximum atomic E-state index is 10.5. The van der Waals surface area contributed by atoms with E-state index in [4.69, 9.17) is 5.11 Å². The van der Waals surface area contributed by atoms with Crippen LogP contribution >= 0.6 is 39.0 Å². The van der Waals surface area contributed by atoms with Crippen LogP contribution in [0, 0.1) is 11.8 Å². The molecule has 0 aliphatic heterocycles. The number of thiophene rings is 1. The lowest BCUT2D eigenvalue weighted by Crippen LogP contribution is -2.18. The number of unbranched alkanes of at least 4 members (excludes halogenated alkanes) is 1. The summed E-state index contributed by atoms with van der Waals surface area (Å²) in [7, 11) is 0. The normalized spacial score (nSPS) is 24.2. The maximum absolute atomic E-state index is 10.5. The molecule has 1 fully saturated rings. The van der Waals surface area contributed by atoms with E-state index in [1.165, 1.54) is 4.21 Å². The molecule has 0 saturated heterocycles. The van der Waals surface area contributed by atoms with Crippen LogP contribution in [-0.2, 0) is 4.79 Å². The van der Waals surface area contributed by atoms with Crippen molar-refractivity contribution in [1.29, 1.82) is 0 Å². The van der Waals surface area contributed by atoms with E-state index in [9.17, 15) is 15.0 Å². The first kappa shape index (κ1) is 22.7. The Morgan fingerprint density at radius 2 is 2.22 bits per heavy atom. The van der Waals surface area contributed by atoms with Crippen LogP contribution in [0.4, 0.5) is 0 Å². The van der Waals surface area contributed by atoms with Crippen molar-refractivity contribution in [3.05, 3.63) is 40.2 Å². The molecule has 0 radical (unpaired) electrons. The Hall–Kier alpha value is -0.600. The van der Waals surface area contributed by atoms with Crippen molar-refractivity contribution < 1.29 is 20.1 Å². The molecule has 1 aliphatic carbocycles. The third-order valence-corrected chi connectivity index (χ3v) is 7.73. The fraction of sp³-hybridized carbons (Fsp3) is 0.550. The van der Waals surface area contributed by atoms with Gasteiger partial charge in [-0.05, 0) is 65.9 Å². The summed E-state index contributed by atoms with van der Waals surface area (Å²) in [4.78, 5) is 10.5. The molecule has 27 heavy (non-hydrogen) atoms. The number of thioether (sulfide) groups is 1. The number of allylic oxidation sites excluding steroid dienone is 3. The van der Waals surface area contributed by atoms with Crippen LogP contribution in [0.1, 0.15) is 38.5 Å². The smallest absolute Gasteiger partial charge is 0.303 e. The van der Waals surface area contributed by atoms with E-state index in [2.05, 4.69) is 34.1 Å². The van der Waals surface area contributed by atoms with Gasteiger partial charge in [-0.15, -0.1) is 23.1 Å². The van der Waals surface area contributed by atoms with Crippen molar-refractivity contribution in [2.75, 3.05) is 5.75 Å². The number of rotatable bonds is 11. The highest BCUT2D eigenvalue weighted by atomic mass is 79.9. The minimum atomic E-state index is -0.761. The summed E-state index contributed by atoms with van der Waals surface area (Å²) in [6.45, 7) is 0. The first-order valence-corrected chi connectivity index (χ1v) is 11.9. The summed E-state index contributed by atoms with van der Waals surface area (Å²) in [6, 6.07) is 2.05. The predicted octanol–water partition coefficient (Wildman–Crippen LogP) is 5.11. The SMILES string of the molecule is O=C(O)CCC/C=C\C[C@H]1C(O)CC[C@@H]1/C=C/[C@@H](O)CSc1cc(Br)cs1. The highest BCUT2D eigenvalue weighted by molar-refractivity contribution is 9.10. The topological polar surface area (TPSA) is 77.8 Å². The van der Waals surface area contributed by atoms with E-state index in [0.717, 1.165) is 30.2 Å². The summed E-state index contributed by atoms with van der Waals surface area (Å²) < 4.78 is 2.25. The van der Waals surface area contributed by atoms with Crippen LogP contribution in [0.5, 0.6) is 0 Å². The molecule has 7 heteroatoms. The molecular weight excluding hydrogens is 448 g/mol. The van der Waals surface area contributed by atoms with E-state index < -0.39 is 12.1 Å². The number of aliphatic hydroxyl groups excluding tert-OH is 2. The Kier molecular flexibility index (Phi) is 10.1. The van der Waals surface area contributed by atoms with Crippen molar-refractivity contribution in [2.24, 2.45) is 11.8 Å². The van der Waals surface area contributed by atoms with Gasteiger partial charge in [0.1, 0.15) is 0 Å². The van der Waals surface area contributed by atoms with E-state index in [1.807, 2.05) is 17.5 Å². The monoisotopic (exact) mass is 474 g/mol. The fourth-order valence-electron chi connectivity index (χ4n) is 3.25. The van der Waals surface area contributed by atoms with Crippen molar-refractivity contribution in [3.8, 4) is 0 Å². The zero-order valence-electron chi connectivity index (χ0n) is 15.2. The standard InChI is InChI=1S/C20H27BrO4S2/c21-15-11-20(26-12-15)27-13-16(22)9-7-14-8-10-18(23)17(14)5-3-1-2-4-6-19(24)25/h1,3,7,9,11-12,14,16-18,22-23H,2,4-6,8,10,13H2,(H,24,25)/b3-1-,9-7+/t14-,16+,17+,18?/m0/s1. The third-order valence-electron chi connectivity index (χ3n) is 4.70. The maximum Gasteiger partial charge on any atom is 0.303 e. The number of hydrogen-bond donors (Lipinski definition) is 3. The Morgan fingerprint density at radius 3 is 2.93 bits per heavy atom. The molecule has 4 atom stereocenters. The van der Waals surface area contributed by atoms with Crippen LogP contribution in [0.2, 0.25) is 0 Å². The summed E-state index contributed by atoms with van der Waals surface area (Å²) in [5, 5.41) is 31.1. The van der Waals surface area contributed by atoms with Crippen molar-refractivity contribution >= 4 is 45.0 Å². The summed E-state index contributed by atoms with van der Waals surface area (Å²) in [5.74, 6) is 0.305. The number of carboxylic acid groups (broad SMARTS) is 1. The van der Waals surface area contributed by atoms with Crippen molar-refractivity contribution in [2.45, 2.75) is 54.9 Å². The molecule has 1 aromatic rings. The molecule has 0 amide bonds. The summed E-state index contributed by atoms with van der Waals surface area (Å²) in [6.07, 6.45) is 11.3. The molecule has 1 heterocycles. The average Bonchev–Trinajstić information content (AvgIpc) is 3.20. The van der Waals surface area contributed by atoms with Gasteiger partial charge in [0.2, 0.25) is 0 Å². The zero-order chi connectivity index (χ0) is 19.6. The molecule has 1 saturated carbocycles. The predicted molar refractivity (Wildman–Crippen MR) is 115 cm³/mol. The van der Waals surface area contributed by atoms with E-state index in [0.29, 0.717) is 12.2 Å². The molecule has 0 bridgehead atoms. The molecule has 1 aromatic heterocycles. The number of halogens is 1. The molecule has 1 unspecified atom stereocenters. The Balaban J connectivity index is 1.74. The molecule has 0 aromatic carbocycles. The number of carboxylic acids is 1. The van der Waals surface area contributed by atoms with Gasteiger partial charge in [-0.2, -0.15) is 0 Å². The van der Waals surface area contributed by atoms with E-state index in [1.54, 1.807) is 23.1 Å². The van der Waals surface area contributed by atoms with E-state index >= 15 is 0 Å². The summed E-state index contributed by atoms with van der Waals surface area (Å²) >= 11 is 6.73.